The van der Waals surface area contributed by atoms with Crippen LogP contribution in [0, 0.1) is 5.92 Å². The van der Waals surface area contributed by atoms with Crippen molar-refractivity contribution in [3.63, 3.8) is 0 Å². The van der Waals surface area contributed by atoms with Gasteiger partial charge in [0.15, 0.2) is 0 Å². The van der Waals surface area contributed by atoms with Crippen LogP contribution in [0.4, 0.5) is 0 Å². The van der Waals surface area contributed by atoms with Crippen LogP contribution >= 0.6 is 11.6 Å². The summed E-state index contributed by atoms with van der Waals surface area (Å²) in [5.41, 5.74) is 0. The highest BCUT2D eigenvalue weighted by Gasteiger charge is 2.33. The molecule has 1 N–H and O–H groups in total. The molecule has 2 unspecified atom stereocenters. The second kappa shape index (κ2) is 3.25. The zero-order valence-electron chi connectivity index (χ0n) is 7.05. The van der Waals surface area contributed by atoms with E-state index in [4.69, 9.17) is 11.6 Å². The van der Waals surface area contributed by atoms with Gasteiger partial charge >= 0.3 is 0 Å². The van der Waals surface area contributed by atoms with Gasteiger partial charge in [0.25, 0.3) is 0 Å². The molecule has 12 heavy (non-hydrogen) atoms. The fourth-order valence-corrected chi connectivity index (χ4v) is 2.07. The van der Waals surface area contributed by atoms with Crippen molar-refractivity contribution in [2.24, 2.45) is 5.92 Å². The van der Waals surface area contributed by atoms with E-state index in [1.165, 1.54) is 0 Å². The average molecular weight is 188 g/mol. The van der Waals surface area contributed by atoms with Gasteiger partial charge in [-0.1, -0.05) is 0 Å². The molecule has 0 saturated heterocycles. The van der Waals surface area contributed by atoms with Crippen molar-refractivity contribution in [3.8, 4) is 0 Å². The van der Waals surface area contributed by atoms with Crippen molar-refractivity contribution >= 4 is 17.5 Å². The molecule has 1 amide bonds. The number of rotatable bonds is 2. The summed E-state index contributed by atoms with van der Waals surface area (Å²) in [6.45, 7) is 0. The minimum absolute atomic E-state index is 0.174. The fourth-order valence-electron chi connectivity index (χ4n) is 1.72. The molecule has 2 aliphatic rings. The minimum Gasteiger partial charge on any atom is -0.352 e. The van der Waals surface area contributed by atoms with E-state index in [1.54, 1.807) is 0 Å². The van der Waals surface area contributed by atoms with E-state index in [0.29, 0.717) is 5.92 Å². The van der Waals surface area contributed by atoms with Crippen LogP contribution in [0.3, 0.4) is 0 Å². The third kappa shape index (κ3) is 1.74. The average Bonchev–Trinajstić information content (AvgIpc) is 2.80. The van der Waals surface area contributed by atoms with E-state index >= 15 is 0 Å². The van der Waals surface area contributed by atoms with E-state index in [-0.39, 0.29) is 17.3 Å². The zero-order chi connectivity index (χ0) is 8.55. The SMILES string of the molecule is O=C(NC1CCCC1Cl)C1CC1. The van der Waals surface area contributed by atoms with Crippen molar-refractivity contribution in [3.05, 3.63) is 0 Å². The normalized spacial score (nSPS) is 35.1. The Morgan fingerprint density at radius 1 is 1.25 bits per heavy atom. The lowest BCUT2D eigenvalue weighted by atomic mass is 10.2. The highest BCUT2D eigenvalue weighted by molar-refractivity contribution is 6.21. The van der Waals surface area contributed by atoms with Gasteiger partial charge in [0.05, 0.1) is 5.38 Å². The fraction of sp³-hybridized carbons (Fsp3) is 0.889. The number of alkyl halides is 1. The third-order valence-corrected chi connectivity index (χ3v) is 3.23. The monoisotopic (exact) mass is 187 g/mol. The number of hydrogen-bond acceptors (Lipinski definition) is 1. The van der Waals surface area contributed by atoms with Crippen molar-refractivity contribution in [1.29, 1.82) is 0 Å². The Morgan fingerprint density at radius 3 is 2.50 bits per heavy atom. The van der Waals surface area contributed by atoms with Gasteiger partial charge in [0.2, 0.25) is 5.91 Å². The maximum atomic E-state index is 11.3. The van der Waals surface area contributed by atoms with Crippen molar-refractivity contribution in [2.75, 3.05) is 0 Å². The van der Waals surface area contributed by atoms with E-state index in [1.807, 2.05) is 0 Å². The smallest absolute Gasteiger partial charge is 0.223 e. The third-order valence-electron chi connectivity index (χ3n) is 2.71. The lowest BCUT2D eigenvalue weighted by Crippen LogP contribution is -2.38. The van der Waals surface area contributed by atoms with Crippen LogP contribution in [0.25, 0.3) is 0 Å². The van der Waals surface area contributed by atoms with Gasteiger partial charge in [-0.3, -0.25) is 4.79 Å². The Morgan fingerprint density at radius 2 is 2.00 bits per heavy atom. The molecule has 2 saturated carbocycles. The highest BCUT2D eigenvalue weighted by Crippen LogP contribution is 2.30. The van der Waals surface area contributed by atoms with E-state index in [0.717, 1.165) is 32.1 Å². The number of carbonyl (C=O) groups is 1. The molecule has 0 heterocycles. The van der Waals surface area contributed by atoms with Gasteiger partial charge in [0.1, 0.15) is 0 Å². The minimum atomic E-state index is 0.174. The molecular weight excluding hydrogens is 174 g/mol. The number of hydrogen-bond donors (Lipinski definition) is 1. The topological polar surface area (TPSA) is 29.1 Å². The molecule has 0 aliphatic heterocycles. The lowest BCUT2D eigenvalue weighted by molar-refractivity contribution is -0.122. The summed E-state index contributed by atoms with van der Waals surface area (Å²) >= 11 is 6.03. The van der Waals surface area contributed by atoms with Crippen LogP contribution in [0.2, 0.25) is 0 Å². The summed E-state index contributed by atoms with van der Waals surface area (Å²) in [6.07, 6.45) is 5.42. The molecular formula is C9H14ClNO. The Balaban J connectivity index is 1.80. The Bertz CT molecular complexity index is 191. The molecule has 2 rings (SSSR count). The van der Waals surface area contributed by atoms with Gasteiger partial charge in [-0.15, -0.1) is 11.6 Å². The van der Waals surface area contributed by atoms with Crippen LogP contribution in [-0.2, 0) is 4.79 Å². The van der Waals surface area contributed by atoms with Gasteiger partial charge in [0, 0.05) is 12.0 Å². The van der Waals surface area contributed by atoms with Gasteiger partial charge < -0.3 is 5.32 Å². The van der Waals surface area contributed by atoms with E-state index < -0.39 is 0 Å². The molecule has 0 spiro atoms. The number of carbonyl (C=O) groups excluding carboxylic acids is 1. The first kappa shape index (κ1) is 8.36. The quantitative estimate of drug-likeness (QED) is 0.655. The largest absolute Gasteiger partial charge is 0.352 e. The standard InChI is InChI=1S/C9H14ClNO/c10-7-2-1-3-8(7)11-9(12)6-4-5-6/h6-8H,1-5H2,(H,11,12). The van der Waals surface area contributed by atoms with Crippen molar-refractivity contribution < 1.29 is 4.79 Å². The van der Waals surface area contributed by atoms with Crippen LogP contribution in [0.1, 0.15) is 32.1 Å². The number of halogens is 1. The molecule has 0 aromatic heterocycles. The molecule has 2 atom stereocenters. The van der Waals surface area contributed by atoms with Crippen LogP contribution in [0.15, 0.2) is 0 Å². The molecule has 0 bridgehead atoms. The van der Waals surface area contributed by atoms with Crippen LogP contribution < -0.4 is 5.32 Å². The van der Waals surface area contributed by atoms with Crippen LogP contribution in [-0.4, -0.2) is 17.3 Å². The summed E-state index contributed by atoms with van der Waals surface area (Å²) < 4.78 is 0. The summed E-state index contributed by atoms with van der Waals surface area (Å²) in [5.74, 6) is 0.544. The number of nitrogens with one attached hydrogen (secondary N) is 1. The molecule has 0 aromatic rings. The Labute approximate surface area is 77.7 Å². The maximum Gasteiger partial charge on any atom is 0.223 e. The van der Waals surface area contributed by atoms with E-state index in [2.05, 4.69) is 5.32 Å². The van der Waals surface area contributed by atoms with E-state index in [9.17, 15) is 4.79 Å². The predicted molar refractivity (Wildman–Crippen MR) is 48.1 cm³/mol. The summed E-state index contributed by atoms with van der Waals surface area (Å²) in [6, 6.07) is 0.250. The first-order chi connectivity index (χ1) is 5.77. The Kier molecular flexibility index (Phi) is 2.26. The first-order valence-corrected chi connectivity index (χ1v) is 5.15. The Hall–Kier alpha value is -0.240. The molecule has 2 nitrogen and oxygen atoms in total. The second-order valence-electron chi connectivity index (χ2n) is 3.84. The van der Waals surface area contributed by atoms with Gasteiger partial charge in [-0.25, -0.2) is 0 Å². The summed E-state index contributed by atoms with van der Waals surface area (Å²) in [5, 5.41) is 3.19. The maximum absolute atomic E-state index is 11.3. The van der Waals surface area contributed by atoms with Crippen LogP contribution in [0.5, 0.6) is 0 Å². The molecule has 2 aliphatic carbocycles. The zero-order valence-corrected chi connectivity index (χ0v) is 7.81. The molecule has 68 valence electrons. The summed E-state index contributed by atoms with van der Waals surface area (Å²) in [7, 11) is 0. The van der Waals surface area contributed by atoms with Crippen molar-refractivity contribution in [2.45, 2.75) is 43.5 Å². The predicted octanol–water partition coefficient (Wildman–Crippen LogP) is 1.67. The highest BCUT2D eigenvalue weighted by atomic mass is 35.5. The number of amides is 1. The molecule has 0 radical (unpaired) electrons. The summed E-state index contributed by atoms with van der Waals surface area (Å²) in [4.78, 5) is 11.3. The van der Waals surface area contributed by atoms with Crippen molar-refractivity contribution in [1.82, 2.24) is 5.32 Å². The second-order valence-corrected chi connectivity index (χ2v) is 4.40. The lowest BCUT2D eigenvalue weighted by Gasteiger charge is -2.15. The molecule has 2 fully saturated rings. The molecule has 3 heteroatoms. The molecule has 0 aromatic carbocycles. The van der Waals surface area contributed by atoms with Gasteiger partial charge in [-0.05, 0) is 32.1 Å². The van der Waals surface area contributed by atoms with Gasteiger partial charge in [-0.2, -0.15) is 0 Å². The first-order valence-electron chi connectivity index (χ1n) is 4.72.